The number of unbranched alkanes of at least 4 members (excludes halogenated alkanes) is 6. The summed E-state index contributed by atoms with van der Waals surface area (Å²) in [6, 6.07) is 0. The van der Waals surface area contributed by atoms with Gasteiger partial charge in [0.25, 0.3) is 0 Å². The quantitative estimate of drug-likeness (QED) is 0.0921. The number of hydrogen-bond donors (Lipinski definition) is 0. The fourth-order valence-electron chi connectivity index (χ4n) is 2.91. The van der Waals surface area contributed by atoms with E-state index in [2.05, 4.69) is 65.2 Å². The average Bonchev–Trinajstić information content (AvgIpc) is 2.73. The molecule has 0 radical (unpaired) electrons. The summed E-state index contributed by atoms with van der Waals surface area (Å²) in [5, 5.41) is 0. The van der Waals surface area contributed by atoms with Crippen molar-refractivity contribution >= 4 is 11.9 Å². The van der Waals surface area contributed by atoms with Crippen molar-refractivity contribution in [2.24, 2.45) is 10.8 Å². The van der Waals surface area contributed by atoms with Gasteiger partial charge in [0.05, 0.1) is 13.2 Å². The van der Waals surface area contributed by atoms with Crippen LogP contribution in [-0.4, -0.2) is 25.2 Å². The molecule has 35 heavy (non-hydrogen) atoms. The van der Waals surface area contributed by atoms with Crippen LogP contribution >= 0.6 is 0 Å². The molecule has 7 heteroatoms. The van der Waals surface area contributed by atoms with Crippen molar-refractivity contribution in [2.45, 2.75) is 145 Å². The van der Waals surface area contributed by atoms with Gasteiger partial charge in [-0.15, -0.1) is 0 Å². The molecule has 0 saturated heterocycles. The summed E-state index contributed by atoms with van der Waals surface area (Å²) in [4.78, 5) is 41.3. The van der Waals surface area contributed by atoms with Crippen molar-refractivity contribution in [3.63, 3.8) is 0 Å². The fourth-order valence-corrected chi connectivity index (χ4v) is 2.91. The minimum Gasteiger partial charge on any atom is -0.298 e. The molecule has 0 N–H and O–H groups in total. The summed E-state index contributed by atoms with van der Waals surface area (Å²) in [5.74, 6) is -0.478. The summed E-state index contributed by atoms with van der Waals surface area (Å²) >= 11 is 0. The molecule has 0 aromatic carbocycles. The van der Waals surface area contributed by atoms with Gasteiger partial charge in [-0.2, -0.15) is 9.78 Å². The average molecular weight is 580 g/mol. The maximum absolute atomic E-state index is 11.2. The van der Waals surface area contributed by atoms with Crippen LogP contribution in [0.15, 0.2) is 0 Å². The van der Waals surface area contributed by atoms with Crippen molar-refractivity contribution in [1.82, 2.24) is 0 Å². The molecular formula is C28H56O6Zr. The Bertz CT molecular complexity index is 439. The molecule has 0 atom stereocenters. The van der Waals surface area contributed by atoms with E-state index in [4.69, 9.17) is 9.78 Å². The summed E-state index contributed by atoms with van der Waals surface area (Å²) in [6.07, 6.45) is 13.6. The smallest absolute Gasteiger partial charge is 0.298 e. The van der Waals surface area contributed by atoms with Crippen LogP contribution in [0.2, 0.25) is 0 Å². The Hall–Kier alpha value is -0.257. The van der Waals surface area contributed by atoms with E-state index in [1.165, 1.54) is 25.7 Å². The first-order valence-electron chi connectivity index (χ1n) is 13.6. The first kappa shape index (κ1) is 39.3. The van der Waals surface area contributed by atoms with Crippen LogP contribution in [0, 0.1) is 10.8 Å². The van der Waals surface area contributed by atoms with Crippen molar-refractivity contribution in [1.29, 1.82) is 0 Å². The van der Waals surface area contributed by atoms with E-state index >= 15 is 0 Å². The normalized spacial score (nSPS) is 11.2. The predicted molar refractivity (Wildman–Crippen MR) is 139 cm³/mol. The molecular weight excluding hydrogens is 524 g/mol. The zero-order valence-corrected chi connectivity index (χ0v) is 26.7. The van der Waals surface area contributed by atoms with Gasteiger partial charge in [0.2, 0.25) is 0 Å². The summed E-state index contributed by atoms with van der Waals surface area (Å²) in [5.41, 5.74) is 0.785. The van der Waals surface area contributed by atoms with Gasteiger partial charge >= 0.3 is 11.9 Å². The molecule has 208 valence electrons. The zero-order chi connectivity index (χ0) is 26.3. The molecule has 0 aromatic heterocycles. The monoisotopic (exact) mass is 578 g/mol. The van der Waals surface area contributed by atoms with E-state index in [0.29, 0.717) is 36.9 Å². The first-order valence-corrected chi connectivity index (χ1v) is 13.6. The van der Waals surface area contributed by atoms with Crippen molar-refractivity contribution in [2.75, 3.05) is 13.2 Å². The molecule has 0 aliphatic heterocycles. The molecule has 0 spiro atoms. The van der Waals surface area contributed by atoms with Crippen LogP contribution in [0.5, 0.6) is 0 Å². The van der Waals surface area contributed by atoms with Gasteiger partial charge in [0.15, 0.2) is 0 Å². The molecule has 0 fully saturated rings. The first-order chi connectivity index (χ1) is 15.9. The topological polar surface area (TPSA) is 71.1 Å². The van der Waals surface area contributed by atoms with Crippen molar-refractivity contribution in [3.8, 4) is 0 Å². The zero-order valence-electron chi connectivity index (χ0n) is 24.3. The second-order valence-electron chi connectivity index (χ2n) is 11.5. The second kappa shape index (κ2) is 25.4. The van der Waals surface area contributed by atoms with Crippen LogP contribution < -0.4 is 0 Å². The van der Waals surface area contributed by atoms with Crippen LogP contribution in [0.4, 0.5) is 0 Å². The van der Waals surface area contributed by atoms with Gasteiger partial charge in [0, 0.05) is 39.0 Å². The van der Waals surface area contributed by atoms with E-state index in [1.807, 2.05) is 0 Å². The third-order valence-electron chi connectivity index (χ3n) is 5.08. The van der Waals surface area contributed by atoms with Crippen molar-refractivity contribution in [3.05, 3.63) is 0 Å². The third-order valence-corrected chi connectivity index (χ3v) is 5.08. The molecule has 0 heterocycles. The standard InChI is InChI=1S/2C14H28O3.Zr/c2*1-5-6-12-16-17-13(15)10-8-7-9-11-14(2,3)4;/h2*5-12H2,1-4H3;. The van der Waals surface area contributed by atoms with Gasteiger partial charge in [-0.25, -0.2) is 9.59 Å². The molecule has 0 saturated carbocycles. The van der Waals surface area contributed by atoms with E-state index < -0.39 is 0 Å². The van der Waals surface area contributed by atoms with Crippen molar-refractivity contribution < 1.29 is 55.3 Å². The minimum absolute atomic E-state index is 0. The van der Waals surface area contributed by atoms with E-state index in [-0.39, 0.29) is 38.1 Å². The molecule has 6 nitrogen and oxygen atoms in total. The van der Waals surface area contributed by atoms with E-state index in [0.717, 1.165) is 51.4 Å². The Morgan fingerprint density at radius 1 is 0.543 bits per heavy atom. The Kier molecular flexibility index (Phi) is 28.5. The van der Waals surface area contributed by atoms with E-state index in [1.54, 1.807) is 0 Å². The predicted octanol–water partition coefficient (Wildman–Crippen LogP) is 8.51. The van der Waals surface area contributed by atoms with Gasteiger partial charge < -0.3 is 0 Å². The molecule has 0 aliphatic rings. The molecule has 0 aliphatic carbocycles. The summed E-state index contributed by atoms with van der Waals surface area (Å²) < 4.78 is 0. The number of hydrogen-bond acceptors (Lipinski definition) is 6. The van der Waals surface area contributed by atoms with Crippen LogP contribution in [0.3, 0.4) is 0 Å². The number of carbonyl (C=O) groups is 2. The van der Waals surface area contributed by atoms with Gasteiger partial charge in [-0.3, -0.25) is 9.78 Å². The number of carbonyl (C=O) groups excluding carboxylic acids is 2. The Balaban J connectivity index is -0.000000569. The van der Waals surface area contributed by atoms with Gasteiger partial charge in [0.1, 0.15) is 0 Å². The van der Waals surface area contributed by atoms with Gasteiger partial charge in [-0.05, 0) is 49.4 Å². The summed E-state index contributed by atoms with van der Waals surface area (Å²) in [7, 11) is 0. The maximum atomic E-state index is 11.2. The van der Waals surface area contributed by atoms with Crippen LogP contribution in [0.25, 0.3) is 0 Å². The fraction of sp³-hybridized carbons (Fsp3) is 0.929. The Morgan fingerprint density at radius 2 is 0.886 bits per heavy atom. The number of rotatable bonds is 18. The van der Waals surface area contributed by atoms with Crippen LogP contribution in [-0.2, 0) is 55.3 Å². The van der Waals surface area contributed by atoms with E-state index in [9.17, 15) is 9.59 Å². The SMILES string of the molecule is CCCCOOC(=O)CCCCCC(C)(C)C.CCCCOOC(=O)CCCCCC(C)(C)C.[Zr]. The molecule has 0 unspecified atom stereocenters. The maximum Gasteiger partial charge on any atom is 0.342 e. The van der Waals surface area contributed by atoms with Crippen LogP contribution in [0.1, 0.15) is 145 Å². The molecule has 0 bridgehead atoms. The Labute approximate surface area is 235 Å². The summed E-state index contributed by atoms with van der Waals surface area (Å²) in [6.45, 7) is 18.6. The molecule has 0 amide bonds. The van der Waals surface area contributed by atoms with Gasteiger partial charge in [-0.1, -0.05) is 93.9 Å². The molecule has 0 rings (SSSR count). The largest absolute Gasteiger partial charge is 0.342 e. The second-order valence-corrected chi connectivity index (χ2v) is 11.5. The Morgan fingerprint density at radius 3 is 1.17 bits per heavy atom. The third kappa shape index (κ3) is 38.4. The molecule has 0 aromatic rings. The minimum atomic E-state index is -0.239.